The minimum absolute atomic E-state index is 0.0943. The number of benzene rings is 1. The van der Waals surface area contributed by atoms with E-state index in [0.717, 1.165) is 73.3 Å². The summed E-state index contributed by atoms with van der Waals surface area (Å²) in [5.41, 5.74) is 7.25. The first kappa shape index (κ1) is 21.4. The lowest BCUT2D eigenvalue weighted by Crippen LogP contribution is -2.35. The van der Waals surface area contributed by atoms with Crippen molar-refractivity contribution < 1.29 is 14.7 Å². The van der Waals surface area contributed by atoms with Crippen LogP contribution in [-0.4, -0.2) is 56.7 Å². The third kappa shape index (κ3) is 3.80. The molecule has 2 N–H and O–H groups in total. The van der Waals surface area contributed by atoms with Crippen LogP contribution >= 0.6 is 11.3 Å². The molecule has 0 atom stereocenters. The van der Waals surface area contributed by atoms with Gasteiger partial charge in [0.1, 0.15) is 10.7 Å². The summed E-state index contributed by atoms with van der Waals surface area (Å²) in [5, 5.41) is 12.0. The van der Waals surface area contributed by atoms with Crippen molar-refractivity contribution in [3.8, 4) is 11.4 Å². The highest BCUT2D eigenvalue weighted by Crippen LogP contribution is 2.54. The number of hydrogen-bond acceptors (Lipinski definition) is 7. The Hall–Kier alpha value is -3.11. The maximum atomic E-state index is 11.6. The van der Waals surface area contributed by atoms with Crippen LogP contribution in [0.3, 0.4) is 0 Å². The standard InChI is InChI=1S/C25H25N5O3S/c31-23(28-32)18-1-3-19(4-2-18)25(6-7-25)24-27-20(16-34-24)21-14-26-22-13-17(5-8-30(21)22)15-29-9-11-33-12-10-29/h1-5,8,13-14,16,32H,6-7,9-12,15H2,(H,28,31). The molecule has 9 heteroatoms. The first-order chi connectivity index (χ1) is 16.7. The van der Waals surface area contributed by atoms with E-state index in [1.165, 1.54) is 5.56 Å². The number of thiazole rings is 1. The van der Waals surface area contributed by atoms with E-state index >= 15 is 0 Å². The molecule has 0 radical (unpaired) electrons. The molecule has 1 aromatic carbocycles. The van der Waals surface area contributed by atoms with E-state index in [9.17, 15) is 4.79 Å². The number of morpholine rings is 1. The summed E-state index contributed by atoms with van der Waals surface area (Å²) in [7, 11) is 0. The topological polar surface area (TPSA) is 92.0 Å². The van der Waals surface area contributed by atoms with Gasteiger partial charge in [0.25, 0.3) is 5.91 Å². The molecule has 1 aliphatic heterocycles. The molecule has 2 fully saturated rings. The molecular formula is C25H25N5O3S. The predicted octanol–water partition coefficient (Wildman–Crippen LogP) is 3.49. The van der Waals surface area contributed by atoms with E-state index in [2.05, 4.69) is 38.0 Å². The number of nitrogens with one attached hydrogen (secondary N) is 1. The van der Waals surface area contributed by atoms with E-state index in [0.29, 0.717) is 5.56 Å². The number of ether oxygens (including phenoxy) is 1. The molecule has 34 heavy (non-hydrogen) atoms. The van der Waals surface area contributed by atoms with Crippen LogP contribution in [-0.2, 0) is 16.7 Å². The van der Waals surface area contributed by atoms with Crippen LogP contribution in [0.15, 0.2) is 54.2 Å². The lowest BCUT2D eigenvalue weighted by atomic mass is 9.95. The fraction of sp³-hybridized carbons (Fsp3) is 0.320. The van der Waals surface area contributed by atoms with Gasteiger partial charge in [-0.05, 0) is 48.2 Å². The van der Waals surface area contributed by atoms with Gasteiger partial charge in [-0.25, -0.2) is 15.4 Å². The Morgan fingerprint density at radius 2 is 1.97 bits per heavy atom. The number of rotatable bonds is 6. The highest BCUT2D eigenvalue weighted by atomic mass is 32.1. The molecular weight excluding hydrogens is 450 g/mol. The quantitative estimate of drug-likeness (QED) is 0.328. The molecule has 8 nitrogen and oxygen atoms in total. The largest absolute Gasteiger partial charge is 0.379 e. The molecule has 1 amide bonds. The third-order valence-electron chi connectivity index (χ3n) is 6.81. The van der Waals surface area contributed by atoms with Crippen molar-refractivity contribution in [1.29, 1.82) is 0 Å². The zero-order valence-corrected chi connectivity index (χ0v) is 19.4. The molecule has 0 bridgehead atoms. The number of carbonyl (C=O) groups is 1. The number of carbonyl (C=O) groups excluding carboxylic acids is 1. The molecule has 6 rings (SSSR count). The van der Waals surface area contributed by atoms with Gasteiger partial charge in [0.15, 0.2) is 0 Å². The van der Waals surface area contributed by atoms with Crippen molar-refractivity contribution >= 4 is 22.9 Å². The summed E-state index contributed by atoms with van der Waals surface area (Å²) in [6, 6.07) is 11.7. The van der Waals surface area contributed by atoms with Gasteiger partial charge in [0.05, 0.1) is 30.8 Å². The van der Waals surface area contributed by atoms with Crippen molar-refractivity contribution in [2.24, 2.45) is 0 Å². The van der Waals surface area contributed by atoms with Crippen LogP contribution in [0.5, 0.6) is 0 Å². The van der Waals surface area contributed by atoms with Crippen LogP contribution < -0.4 is 5.48 Å². The Bertz CT molecular complexity index is 1340. The van der Waals surface area contributed by atoms with Crippen LogP contribution in [0, 0.1) is 0 Å². The number of nitrogens with zero attached hydrogens (tertiary/aromatic N) is 4. The summed E-state index contributed by atoms with van der Waals surface area (Å²) < 4.78 is 7.55. The second-order valence-electron chi connectivity index (χ2n) is 8.93. The van der Waals surface area contributed by atoms with E-state index in [4.69, 9.17) is 14.9 Å². The zero-order valence-electron chi connectivity index (χ0n) is 18.6. The summed E-state index contributed by atoms with van der Waals surface area (Å²) >= 11 is 1.67. The van der Waals surface area contributed by atoms with E-state index in [1.54, 1.807) is 28.9 Å². The van der Waals surface area contributed by atoms with Gasteiger partial charge in [0.2, 0.25) is 0 Å². The monoisotopic (exact) mass is 475 g/mol. The molecule has 1 saturated heterocycles. The van der Waals surface area contributed by atoms with Gasteiger partial charge in [-0.2, -0.15) is 0 Å². The summed E-state index contributed by atoms with van der Waals surface area (Å²) in [6.07, 6.45) is 6.05. The molecule has 3 aromatic heterocycles. The fourth-order valence-electron chi connectivity index (χ4n) is 4.70. The smallest absolute Gasteiger partial charge is 0.274 e. The Labute approximate surface area is 200 Å². The van der Waals surface area contributed by atoms with Gasteiger partial charge < -0.3 is 4.74 Å². The van der Waals surface area contributed by atoms with Crippen molar-refractivity contribution in [3.63, 3.8) is 0 Å². The third-order valence-corrected chi connectivity index (χ3v) is 7.86. The van der Waals surface area contributed by atoms with Crippen molar-refractivity contribution in [3.05, 3.63) is 75.9 Å². The molecule has 4 heterocycles. The van der Waals surface area contributed by atoms with E-state index in [1.807, 2.05) is 18.3 Å². The summed E-state index contributed by atoms with van der Waals surface area (Å²) in [6.45, 7) is 4.43. The Morgan fingerprint density at radius 3 is 2.71 bits per heavy atom. The average molecular weight is 476 g/mol. The average Bonchev–Trinajstić information content (AvgIpc) is 3.34. The van der Waals surface area contributed by atoms with Gasteiger partial charge in [-0.15, -0.1) is 11.3 Å². The number of hydroxylamine groups is 1. The number of hydrogen-bond donors (Lipinski definition) is 2. The second kappa shape index (κ2) is 8.59. The lowest BCUT2D eigenvalue weighted by molar-refractivity contribution is 0.0342. The number of amides is 1. The Balaban J connectivity index is 1.24. The van der Waals surface area contributed by atoms with Crippen LogP contribution in [0.4, 0.5) is 0 Å². The summed E-state index contributed by atoms with van der Waals surface area (Å²) in [5.74, 6) is -0.506. The van der Waals surface area contributed by atoms with Crippen molar-refractivity contribution in [1.82, 2.24) is 24.7 Å². The van der Waals surface area contributed by atoms with Crippen LogP contribution in [0.2, 0.25) is 0 Å². The maximum Gasteiger partial charge on any atom is 0.274 e. The number of aromatic nitrogens is 3. The minimum Gasteiger partial charge on any atom is -0.379 e. The number of fused-ring (bicyclic) bond motifs is 1. The number of imidazole rings is 1. The molecule has 1 saturated carbocycles. The molecule has 174 valence electrons. The lowest BCUT2D eigenvalue weighted by Gasteiger charge is -2.26. The molecule has 4 aromatic rings. The minimum atomic E-state index is -0.506. The van der Waals surface area contributed by atoms with Gasteiger partial charge in [0, 0.05) is 42.2 Å². The maximum absolute atomic E-state index is 11.6. The Kier molecular flexibility index (Phi) is 5.41. The van der Waals surface area contributed by atoms with Gasteiger partial charge in [-0.1, -0.05) is 12.1 Å². The molecule has 0 spiro atoms. The zero-order chi connectivity index (χ0) is 23.1. The molecule has 2 aliphatic rings. The fourth-order valence-corrected chi connectivity index (χ4v) is 5.79. The number of pyridine rings is 1. The predicted molar refractivity (Wildman–Crippen MR) is 128 cm³/mol. The van der Waals surface area contributed by atoms with Crippen molar-refractivity contribution in [2.45, 2.75) is 24.8 Å². The normalized spacial score (nSPS) is 17.7. The van der Waals surface area contributed by atoms with Gasteiger partial charge in [-0.3, -0.25) is 19.3 Å². The van der Waals surface area contributed by atoms with Crippen molar-refractivity contribution in [2.75, 3.05) is 26.3 Å². The second-order valence-corrected chi connectivity index (χ2v) is 9.79. The molecule has 0 unspecified atom stereocenters. The first-order valence-electron chi connectivity index (χ1n) is 11.4. The van der Waals surface area contributed by atoms with E-state index < -0.39 is 5.91 Å². The SMILES string of the molecule is O=C(NO)c1ccc(C2(c3nc(-c4cnc5cc(CN6CCOCC6)ccn45)cs3)CC2)cc1. The molecule has 1 aliphatic carbocycles. The van der Waals surface area contributed by atoms with Crippen LogP contribution in [0.1, 0.15) is 39.3 Å². The highest BCUT2D eigenvalue weighted by molar-refractivity contribution is 7.10. The van der Waals surface area contributed by atoms with Gasteiger partial charge >= 0.3 is 0 Å². The highest BCUT2D eigenvalue weighted by Gasteiger charge is 2.48. The van der Waals surface area contributed by atoms with Crippen LogP contribution in [0.25, 0.3) is 17.0 Å². The van der Waals surface area contributed by atoms with E-state index in [-0.39, 0.29) is 5.41 Å². The first-order valence-corrected chi connectivity index (χ1v) is 12.3. The summed E-state index contributed by atoms with van der Waals surface area (Å²) in [4.78, 5) is 23.7. The Morgan fingerprint density at radius 1 is 1.18 bits per heavy atom.